The molecule has 0 saturated heterocycles. The molecule has 34 heavy (non-hydrogen) atoms. The van der Waals surface area contributed by atoms with E-state index in [0.29, 0.717) is 0 Å². The van der Waals surface area contributed by atoms with Crippen LogP contribution in [-0.2, 0) is 0 Å². The largest absolute Gasteiger partial charge is 0.256 e. The van der Waals surface area contributed by atoms with E-state index in [1.54, 1.807) is 0 Å². The van der Waals surface area contributed by atoms with Crippen molar-refractivity contribution in [2.75, 3.05) is 0 Å². The Balaban J connectivity index is 1.77. The smallest absolute Gasteiger partial charge is 0.158 e. The van der Waals surface area contributed by atoms with Crippen molar-refractivity contribution < 1.29 is 0 Å². The minimum absolute atomic E-state index is 0.162. The highest BCUT2D eigenvalue weighted by Crippen LogP contribution is 2.50. The van der Waals surface area contributed by atoms with Crippen LogP contribution in [0, 0.1) is 0 Å². The zero-order chi connectivity index (χ0) is 22.7. The molecular formula is C32H23BS. The molecule has 6 rings (SSSR count). The first-order valence-electron chi connectivity index (χ1n) is 11.7. The van der Waals surface area contributed by atoms with Gasteiger partial charge in [-0.1, -0.05) is 144 Å². The third-order valence-electron chi connectivity index (χ3n) is 6.49. The average molecular weight is 450 g/mol. The lowest BCUT2D eigenvalue weighted by molar-refractivity contribution is 1.58. The molecule has 1 aliphatic rings. The summed E-state index contributed by atoms with van der Waals surface area (Å²) in [5.74, 6) is 0. The van der Waals surface area contributed by atoms with Crippen LogP contribution in [0.15, 0.2) is 139 Å². The quantitative estimate of drug-likeness (QED) is 0.240. The highest BCUT2D eigenvalue weighted by atomic mass is 32.1. The molecule has 1 aromatic heterocycles. The maximum atomic E-state index is 2.29. The van der Waals surface area contributed by atoms with Crippen molar-refractivity contribution in [3.05, 3.63) is 161 Å². The van der Waals surface area contributed by atoms with Gasteiger partial charge in [0.25, 0.3) is 6.71 Å². The van der Waals surface area contributed by atoms with Crippen molar-refractivity contribution in [1.29, 1.82) is 0 Å². The molecule has 0 unspecified atom stereocenters. The molecule has 160 valence electrons. The lowest BCUT2D eigenvalue weighted by Gasteiger charge is -2.17. The first-order chi connectivity index (χ1) is 16.9. The molecule has 0 aliphatic carbocycles. The Labute approximate surface area is 205 Å². The zero-order valence-electron chi connectivity index (χ0n) is 18.8. The van der Waals surface area contributed by atoms with E-state index in [0.717, 1.165) is 0 Å². The molecule has 0 N–H and O–H groups in total. The number of rotatable bonds is 5. The highest BCUT2D eigenvalue weighted by molar-refractivity contribution is 7.29. The van der Waals surface area contributed by atoms with Gasteiger partial charge in [0.15, 0.2) is 0 Å². The van der Waals surface area contributed by atoms with Gasteiger partial charge in [-0.2, -0.15) is 11.3 Å². The lowest BCUT2D eigenvalue weighted by Crippen LogP contribution is -2.29. The Bertz CT molecular complexity index is 1350. The molecule has 1 aliphatic heterocycles. The second-order valence-corrected chi connectivity index (χ2v) is 9.47. The molecule has 2 heterocycles. The predicted octanol–water partition coefficient (Wildman–Crippen LogP) is 7.76. The van der Waals surface area contributed by atoms with Crippen LogP contribution in [0.1, 0.15) is 22.3 Å². The van der Waals surface area contributed by atoms with Crippen molar-refractivity contribution in [3.8, 4) is 0 Å². The van der Waals surface area contributed by atoms with Crippen LogP contribution in [0.4, 0.5) is 0 Å². The summed E-state index contributed by atoms with van der Waals surface area (Å²) in [5, 5.41) is 2.20. The standard InChI is InChI=1S/C32H23BS/c1-5-14-24(15-6-1)29-30(25-16-7-2-8-17-25)32(27-20-11-4-12-21-27)33(28-22-13-23-34-28)31(29)26-18-9-3-10-19-26/h1-23H. The summed E-state index contributed by atoms with van der Waals surface area (Å²) in [4.78, 5) is 0. The summed E-state index contributed by atoms with van der Waals surface area (Å²) >= 11 is 1.84. The lowest BCUT2D eigenvalue weighted by atomic mass is 9.38. The number of benzene rings is 4. The van der Waals surface area contributed by atoms with Crippen molar-refractivity contribution in [1.82, 2.24) is 0 Å². The summed E-state index contributed by atoms with van der Waals surface area (Å²) in [6, 6.07) is 48.1. The predicted molar refractivity (Wildman–Crippen MR) is 149 cm³/mol. The summed E-state index contributed by atoms with van der Waals surface area (Å²) in [6.07, 6.45) is 0. The van der Waals surface area contributed by atoms with Gasteiger partial charge in [-0.25, -0.2) is 0 Å². The first-order valence-corrected chi connectivity index (χ1v) is 12.5. The molecule has 0 fully saturated rings. The molecule has 0 saturated carbocycles. The normalized spacial score (nSPS) is 13.6. The second-order valence-electron chi connectivity index (χ2n) is 8.49. The van der Waals surface area contributed by atoms with Gasteiger partial charge < -0.3 is 0 Å². The van der Waals surface area contributed by atoms with Crippen LogP contribution in [0.3, 0.4) is 0 Å². The van der Waals surface area contributed by atoms with E-state index in [9.17, 15) is 0 Å². The Kier molecular flexibility index (Phi) is 5.59. The van der Waals surface area contributed by atoms with E-state index in [4.69, 9.17) is 0 Å². The zero-order valence-corrected chi connectivity index (χ0v) is 19.6. The van der Waals surface area contributed by atoms with E-state index in [1.165, 1.54) is 49.1 Å². The van der Waals surface area contributed by atoms with Crippen molar-refractivity contribution in [3.63, 3.8) is 0 Å². The first kappa shape index (κ1) is 20.7. The summed E-state index contributed by atoms with van der Waals surface area (Å²) in [6.45, 7) is 0.162. The molecular weight excluding hydrogens is 427 g/mol. The van der Waals surface area contributed by atoms with Gasteiger partial charge in [-0.15, -0.1) is 0 Å². The molecule has 0 atom stereocenters. The molecule has 2 heteroatoms. The minimum Gasteiger partial charge on any atom is -0.158 e. The Hall–Kier alpha value is -3.88. The summed E-state index contributed by atoms with van der Waals surface area (Å²) < 4.78 is 1.37. The van der Waals surface area contributed by atoms with Gasteiger partial charge in [0.05, 0.1) is 0 Å². The second kappa shape index (κ2) is 9.17. The molecule has 5 aromatic rings. The van der Waals surface area contributed by atoms with E-state index in [2.05, 4.69) is 139 Å². The molecule has 4 aromatic carbocycles. The maximum absolute atomic E-state index is 2.29. The molecule has 0 radical (unpaired) electrons. The number of hydrogen-bond donors (Lipinski definition) is 0. The fraction of sp³-hybridized carbons (Fsp3) is 0. The highest BCUT2D eigenvalue weighted by Gasteiger charge is 2.40. The van der Waals surface area contributed by atoms with Gasteiger partial charge in [-0.05, 0) is 43.6 Å². The van der Waals surface area contributed by atoms with Gasteiger partial charge >= 0.3 is 0 Å². The van der Waals surface area contributed by atoms with Crippen LogP contribution < -0.4 is 4.78 Å². The van der Waals surface area contributed by atoms with Crippen molar-refractivity contribution in [2.24, 2.45) is 0 Å². The number of allylic oxidation sites excluding steroid dienone is 2. The summed E-state index contributed by atoms with van der Waals surface area (Å²) in [5.41, 5.74) is 10.5. The van der Waals surface area contributed by atoms with E-state index >= 15 is 0 Å². The SMILES string of the molecule is c1ccc(C2=C(c3ccccc3)C(c3ccccc3)=C(c3ccccc3)B2c2cccs2)cc1. The molecule has 0 bridgehead atoms. The Morgan fingerprint density at radius 1 is 0.382 bits per heavy atom. The maximum Gasteiger partial charge on any atom is 0.256 e. The molecule has 0 amide bonds. The minimum atomic E-state index is 0.162. The van der Waals surface area contributed by atoms with Crippen LogP contribution in [-0.4, -0.2) is 6.71 Å². The van der Waals surface area contributed by atoms with Crippen molar-refractivity contribution in [2.45, 2.75) is 0 Å². The van der Waals surface area contributed by atoms with Gasteiger partial charge in [0.2, 0.25) is 0 Å². The van der Waals surface area contributed by atoms with E-state index in [1.807, 2.05) is 11.3 Å². The third kappa shape index (κ3) is 3.67. The molecule has 0 nitrogen and oxygen atoms in total. The fourth-order valence-electron chi connectivity index (χ4n) is 5.11. The third-order valence-corrected chi connectivity index (χ3v) is 7.43. The molecule has 0 spiro atoms. The average Bonchev–Trinajstić information content (AvgIpc) is 3.57. The number of thiophene rings is 1. The number of hydrogen-bond acceptors (Lipinski definition) is 1. The van der Waals surface area contributed by atoms with Crippen LogP contribution in [0.25, 0.3) is 22.1 Å². The van der Waals surface area contributed by atoms with E-state index in [-0.39, 0.29) is 6.71 Å². The topological polar surface area (TPSA) is 0 Å². The summed E-state index contributed by atoms with van der Waals surface area (Å²) in [7, 11) is 0. The van der Waals surface area contributed by atoms with Crippen LogP contribution >= 0.6 is 11.3 Å². The van der Waals surface area contributed by atoms with Gasteiger partial charge in [-0.3, -0.25) is 0 Å². The van der Waals surface area contributed by atoms with Gasteiger partial charge in [0.1, 0.15) is 0 Å². The monoisotopic (exact) mass is 450 g/mol. The van der Waals surface area contributed by atoms with Gasteiger partial charge in [0, 0.05) is 0 Å². The van der Waals surface area contributed by atoms with E-state index < -0.39 is 0 Å². The fourth-order valence-corrected chi connectivity index (χ4v) is 5.95. The van der Waals surface area contributed by atoms with Crippen LogP contribution in [0.2, 0.25) is 0 Å². The van der Waals surface area contributed by atoms with Crippen molar-refractivity contribution >= 4 is 44.9 Å². The Morgan fingerprint density at radius 3 is 1.12 bits per heavy atom. The van der Waals surface area contributed by atoms with Crippen LogP contribution in [0.5, 0.6) is 0 Å². The Morgan fingerprint density at radius 2 is 0.765 bits per heavy atom.